The summed E-state index contributed by atoms with van der Waals surface area (Å²) < 4.78 is 11.2. The van der Waals surface area contributed by atoms with Crippen LogP contribution < -0.4 is 9.47 Å². The highest BCUT2D eigenvalue weighted by Gasteiger charge is 2.42. The van der Waals surface area contributed by atoms with Gasteiger partial charge in [0.2, 0.25) is 0 Å². The van der Waals surface area contributed by atoms with E-state index >= 15 is 0 Å². The SMILES string of the molecule is CCc1ccc(OCC2(CS)CC2)c(OC)c1. The van der Waals surface area contributed by atoms with E-state index < -0.39 is 0 Å². The van der Waals surface area contributed by atoms with Crippen LogP contribution in [0.1, 0.15) is 25.3 Å². The zero-order chi connectivity index (χ0) is 12.3. The Morgan fingerprint density at radius 1 is 1.29 bits per heavy atom. The predicted molar refractivity (Wildman–Crippen MR) is 73.4 cm³/mol. The number of rotatable bonds is 6. The van der Waals surface area contributed by atoms with Crippen molar-refractivity contribution in [1.29, 1.82) is 0 Å². The normalized spacial score (nSPS) is 16.6. The molecule has 17 heavy (non-hydrogen) atoms. The molecule has 0 heterocycles. The lowest BCUT2D eigenvalue weighted by molar-refractivity contribution is 0.239. The summed E-state index contributed by atoms with van der Waals surface area (Å²) >= 11 is 4.38. The van der Waals surface area contributed by atoms with E-state index in [4.69, 9.17) is 9.47 Å². The standard InChI is InChI=1S/C14H20O2S/c1-3-11-4-5-12(13(8-11)15-2)16-9-14(10-17)6-7-14/h4-5,8,17H,3,6-7,9-10H2,1-2H3. The Labute approximate surface area is 109 Å². The third kappa shape index (κ3) is 2.89. The van der Waals surface area contributed by atoms with Gasteiger partial charge in [0.25, 0.3) is 0 Å². The first-order valence-electron chi connectivity index (χ1n) is 6.13. The Balaban J connectivity index is 2.04. The monoisotopic (exact) mass is 252 g/mol. The zero-order valence-corrected chi connectivity index (χ0v) is 11.4. The molecule has 1 saturated carbocycles. The molecular weight excluding hydrogens is 232 g/mol. The maximum Gasteiger partial charge on any atom is 0.161 e. The molecule has 0 amide bonds. The van der Waals surface area contributed by atoms with Crippen LogP contribution in [0.5, 0.6) is 11.5 Å². The molecule has 0 spiro atoms. The maximum absolute atomic E-state index is 5.87. The molecule has 0 aliphatic heterocycles. The minimum Gasteiger partial charge on any atom is -0.493 e. The van der Waals surface area contributed by atoms with E-state index in [2.05, 4.69) is 31.7 Å². The van der Waals surface area contributed by atoms with Gasteiger partial charge in [0, 0.05) is 5.41 Å². The van der Waals surface area contributed by atoms with Crippen LogP contribution in [0.2, 0.25) is 0 Å². The molecular formula is C14H20O2S. The zero-order valence-electron chi connectivity index (χ0n) is 10.5. The van der Waals surface area contributed by atoms with Crippen molar-refractivity contribution < 1.29 is 9.47 Å². The van der Waals surface area contributed by atoms with Gasteiger partial charge in [0.1, 0.15) is 0 Å². The van der Waals surface area contributed by atoms with E-state index in [1.807, 2.05) is 6.07 Å². The highest BCUT2D eigenvalue weighted by molar-refractivity contribution is 7.80. The van der Waals surface area contributed by atoms with Crippen LogP contribution in [-0.4, -0.2) is 19.5 Å². The van der Waals surface area contributed by atoms with Gasteiger partial charge in [-0.1, -0.05) is 13.0 Å². The van der Waals surface area contributed by atoms with Crippen LogP contribution in [-0.2, 0) is 6.42 Å². The van der Waals surface area contributed by atoms with E-state index in [1.165, 1.54) is 18.4 Å². The molecule has 1 aromatic carbocycles. The van der Waals surface area contributed by atoms with Gasteiger partial charge in [-0.3, -0.25) is 0 Å². The predicted octanol–water partition coefficient (Wildman–Crippen LogP) is 3.35. The highest BCUT2D eigenvalue weighted by Crippen LogP contribution is 2.47. The molecule has 0 bridgehead atoms. The van der Waals surface area contributed by atoms with Crippen molar-refractivity contribution in [3.8, 4) is 11.5 Å². The summed E-state index contributed by atoms with van der Waals surface area (Å²) in [4.78, 5) is 0. The van der Waals surface area contributed by atoms with Crippen molar-refractivity contribution in [3.63, 3.8) is 0 Å². The molecule has 94 valence electrons. The lowest BCUT2D eigenvalue weighted by Gasteiger charge is -2.16. The lowest BCUT2D eigenvalue weighted by atomic mass is 10.1. The summed E-state index contributed by atoms with van der Waals surface area (Å²) in [6.07, 6.45) is 3.47. The molecule has 0 atom stereocenters. The summed E-state index contributed by atoms with van der Waals surface area (Å²) in [7, 11) is 1.69. The van der Waals surface area contributed by atoms with Crippen molar-refractivity contribution in [3.05, 3.63) is 23.8 Å². The molecule has 1 fully saturated rings. The number of aryl methyl sites for hydroxylation is 1. The van der Waals surface area contributed by atoms with Crippen LogP contribution in [0.4, 0.5) is 0 Å². The Hall–Kier alpha value is -0.830. The van der Waals surface area contributed by atoms with E-state index in [0.29, 0.717) is 5.41 Å². The lowest BCUT2D eigenvalue weighted by Crippen LogP contribution is -2.14. The molecule has 0 aromatic heterocycles. The van der Waals surface area contributed by atoms with Crippen molar-refractivity contribution in [2.24, 2.45) is 5.41 Å². The van der Waals surface area contributed by atoms with Crippen LogP contribution >= 0.6 is 12.6 Å². The third-order valence-corrected chi connectivity index (χ3v) is 4.13. The van der Waals surface area contributed by atoms with Crippen LogP contribution in [0, 0.1) is 5.41 Å². The second-order valence-electron chi connectivity index (χ2n) is 4.79. The molecule has 1 aliphatic rings. The van der Waals surface area contributed by atoms with Gasteiger partial charge in [-0.25, -0.2) is 0 Å². The van der Waals surface area contributed by atoms with Crippen LogP contribution in [0.15, 0.2) is 18.2 Å². The van der Waals surface area contributed by atoms with Crippen molar-refractivity contribution in [1.82, 2.24) is 0 Å². The number of hydrogen-bond acceptors (Lipinski definition) is 3. The summed E-state index contributed by atoms with van der Waals surface area (Å²) in [5.41, 5.74) is 1.59. The largest absolute Gasteiger partial charge is 0.493 e. The molecule has 0 unspecified atom stereocenters. The minimum atomic E-state index is 0.317. The van der Waals surface area contributed by atoms with E-state index in [1.54, 1.807) is 7.11 Å². The second kappa shape index (κ2) is 5.21. The molecule has 0 radical (unpaired) electrons. The fourth-order valence-electron chi connectivity index (χ4n) is 1.81. The van der Waals surface area contributed by atoms with Crippen molar-refractivity contribution in [2.45, 2.75) is 26.2 Å². The van der Waals surface area contributed by atoms with Gasteiger partial charge < -0.3 is 9.47 Å². The average Bonchev–Trinajstić information content (AvgIpc) is 3.16. The summed E-state index contributed by atoms with van der Waals surface area (Å²) in [6, 6.07) is 6.15. The minimum absolute atomic E-state index is 0.317. The van der Waals surface area contributed by atoms with Gasteiger partial charge in [-0.2, -0.15) is 12.6 Å². The average molecular weight is 252 g/mol. The summed E-state index contributed by atoms with van der Waals surface area (Å²) in [5, 5.41) is 0. The van der Waals surface area contributed by atoms with Crippen molar-refractivity contribution in [2.75, 3.05) is 19.5 Å². The van der Waals surface area contributed by atoms with Gasteiger partial charge in [-0.05, 0) is 42.7 Å². The van der Waals surface area contributed by atoms with Crippen molar-refractivity contribution >= 4 is 12.6 Å². The number of ether oxygens (including phenoxy) is 2. The Morgan fingerprint density at radius 2 is 2.06 bits per heavy atom. The number of benzene rings is 1. The first kappa shape index (κ1) is 12.6. The van der Waals surface area contributed by atoms with E-state index in [0.717, 1.165) is 30.3 Å². The molecule has 3 heteroatoms. The molecule has 0 saturated heterocycles. The molecule has 1 aliphatic carbocycles. The summed E-state index contributed by atoms with van der Waals surface area (Å²) in [6.45, 7) is 2.88. The quantitative estimate of drug-likeness (QED) is 0.783. The molecule has 2 rings (SSSR count). The van der Waals surface area contributed by atoms with Crippen LogP contribution in [0.25, 0.3) is 0 Å². The fourth-order valence-corrected chi connectivity index (χ4v) is 2.21. The topological polar surface area (TPSA) is 18.5 Å². The molecule has 0 N–H and O–H groups in total. The fraction of sp³-hybridized carbons (Fsp3) is 0.571. The number of methoxy groups -OCH3 is 1. The maximum atomic E-state index is 5.87. The first-order valence-corrected chi connectivity index (χ1v) is 6.77. The third-order valence-electron chi connectivity index (χ3n) is 3.46. The second-order valence-corrected chi connectivity index (χ2v) is 5.10. The Morgan fingerprint density at radius 3 is 2.59 bits per heavy atom. The Bertz CT molecular complexity index is 386. The van der Waals surface area contributed by atoms with Gasteiger partial charge >= 0.3 is 0 Å². The molecule has 1 aromatic rings. The van der Waals surface area contributed by atoms with Crippen LogP contribution in [0.3, 0.4) is 0 Å². The van der Waals surface area contributed by atoms with E-state index in [9.17, 15) is 0 Å². The first-order chi connectivity index (χ1) is 8.23. The Kier molecular flexibility index (Phi) is 3.87. The van der Waals surface area contributed by atoms with E-state index in [-0.39, 0.29) is 0 Å². The highest BCUT2D eigenvalue weighted by atomic mass is 32.1. The van der Waals surface area contributed by atoms with Gasteiger partial charge in [0.05, 0.1) is 13.7 Å². The number of thiol groups is 1. The summed E-state index contributed by atoms with van der Waals surface area (Å²) in [5.74, 6) is 2.58. The molecule has 2 nitrogen and oxygen atoms in total. The van der Waals surface area contributed by atoms with Gasteiger partial charge in [-0.15, -0.1) is 0 Å². The number of hydrogen-bond donors (Lipinski definition) is 1. The van der Waals surface area contributed by atoms with Gasteiger partial charge in [0.15, 0.2) is 11.5 Å². The smallest absolute Gasteiger partial charge is 0.161 e.